The third-order valence-electron chi connectivity index (χ3n) is 5.86. The molecular weight excluding hydrogens is 340 g/mol. The Hall–Kier alpha value is -1.11. The Morgan fingerprint density at radius 2 is 2.16 bits per heavy atom. The second-order valence-electron chi connectivity index (χ2n) is 7.20. The number of carbonyl (C=O) groups is 1. The van der Waals surface area contributed by atoms with Gasteiger partial charge in [0, 0.05) is 36.9 Å². The first kappa shape index (κ1) is 20.2. The Bertz CT molecular complexity index is 571. The van der Waals surface area contributed by atoms with Crippen LogP contribution in [-0.2, 0) is 16.6 Å². The SMILES string of the molecule is CCOC1CC(NC(=O)C(NC)c2cnn(C)c2)C12CCCCC2.Cl. The zero-order valence-electron chi connectivity index (χ0n) is 15.5. The van der Waals surface area contributed by atoms with E-state index in [1.54, 1.807) is 10.9 Å². The van der Waals surface area contributed by atoms with Crippen LogP contribution in [0.3, 0.4) is 0 Å². The maximum Gasteiger partial charge on any atom is 0.242 e. The van der Waals surface area contributed by atoms with Crippen molar-refractivity contribution in [1.29, 1.82) is 0 Å². The predicted octanol–water partition coefficient (Wildman–Crippen LogP) is 2.35. The van der Waals surface area contributed by atoms with Crippen LogP contribution in [-0.4, -0.2) is 41.5 Å². The van der Waals surface area contributed by atoms with E-state index in [2.05, 4.69) is 22.7 Å². The largest absolute Gasteiger partial charge is 0.378 e. The molecule has 1 amide bonds. The molecule has 0 aliphatic heterocycles. The number of aryl methyl sites for hydroxylation is 1. The van der Waals surface area contributed by atoms with Crippen LogP contribution in [0.2, 0.25) is 0 Å². The van der Waals surface area contributed by atoms with E-state index >= 15 is 0 Å². The maximum atomic E-state index is 12.8. The molecule has 1 aromatic rings. The summed E-state index contributed by atoms with van der Waals surface area (Å²) in [5.41, 5.74) is 1.05. The molecule has 0 aromatic carbocycles. The topological polar surface area (TPSA) is 68.2 Å². The molecule has 6 nitrogen and oxygen atoms in total. The van der Waals surface area contributed by atoms with E-state index in [4.69, 9.17) is 4.74 Å². The second-order valence-corrected chi connectivity index (χ2v) is 7.20. The van der Waals surface area contributed by atoms with Gasteiger partial charge in [-0.3, -0.25) is 9.48 Å². The molecule has 0 saturated heterocycles. The first-order chi connectivity index (χ1) is 11.6. The highest BCUT2D eigenvalue weighted by Crippen LogP contribution is 2.53. The van der Waals surface area contributed by atoms with E-state index < -0.39 is 0 Å². The number of nitrogens with one attached hydrogen (secondary N) is 2. The predicted molar refractivity (Wildman–Crippen MR) is 99.7 cm³/mol. The Morgan fingerprint density at radius 3 is 2.72 bits per heavy atom. The molecule has 2 N–H and O–H groups in total. The van der Waals surface area contributed by atoms with E-state index in [0.29, 0.717) is 6.10 Å². The van der Waals surface area contributed by atoms with Gasteiger partial charge in [-0.05, 0) is 33.2 Å². The van der Waals surface area contributed by atoms with Crippen LogP contribution in [0.25, 0.3) is 0 Å². The summed E-state index contributed by atoms with van der Waals surface area (Å²) < 4.78 is 7.70. The van der Waals surface area contributed by atoms with Gasteiger partial charge in [-0.25, -0.2) is 0 Å². The van der Waals surface area contributed by atoms with Gasteiger partial charge < -0.3 is 15.4 Å². The number of hydrogen-bond donors (Lipinski definition) is 2. The van der Waals surface area contributed by atoms with Crippen LogP contribution in [0.5, 0.6) is 0 Å². The summed E-state index contributed by atoms with van der Waals surface area (Å²) in [6.07, 6.45) is 11.0. The lowest BCUT2D eigenvalue weighted by molar-refractivity contribution is -0.157. The van der Waals surface area contributed by atoms with Gasteiger partial charge in [-0.2, -0.15) is 5.10 Å². The highest BCUT2D eigenvalue weighted by molar-refractivity contribution is 5.85. The van der Waals surface area contributed by atoms with E-state index in [1.165, 1.54) is 32.1 Å². The van der Waals surface area contributed by atoms with Gasteiger partial charge in [0.15, 0.2) is 0 Å². The van der Waals surface area contributed by atoms with Gasteiger partial charge in [0.25, 0.3) is 0 Å². The van der Waals surface area contributed by atoms with Crippen molar-refractivity contribution in [1.82, 2.24) is 20.4 Å². The monoisotopic (exact) mass is 370 g/mol. The molecule has 2 aliphatic rings. The fourth-order valence-electron chi connectivity index (χ4n) is 4.56. The summed E-state index contributed by atoms with van der Waals surface area (Å²) >= 11 is 0. The van der Waals surface area contributed by atoms with Crippen molar-refractivity contribution in [2.24, 2.45) is 12.5 Å². The Balaban J connectivity index is 0.00000225. The third-order valence-corrected chi connectivity index (χ3v) is 5.86. The summed E-state index contributed by atoms with van der Waals surface area (Å²) in [5.74, 6) is 0.0374. The number of hydrogen-bond acceptors (Lipinski definition) is 4. The highest BCUT2D eigenvalue weighted by Gasteiger charge is 2.56. The van der Waals surface area contributed by atoms with Crippen molar-refractivity contribution >= 4 is 18.3 Å². The molecule has 0 radical (unpaired) electrons. The standard InChI is InChI=1S/C18H30N4O2.ClH/c1-4-24-15-10-14(18(15)8-6-5-7-9-18)21-17(23)16(19-2)13-11-20-22(3)12-13;/h11-12,14-16,19H,4-10H2,1-3H3,(H,21,23);1H. The Kier molecular flexibility index (Phi) is 6.88. The van der Waals surface area contributed by atoms with Crippen LogP contribution in [0.1, 0.15) is 57.1 Å². The van der Waals surface area contributed by atoms with Gasteiger partial charge in [0.1, 0.15) is 6.04 Å². The molecule has 1 heterocycles. The first-order valence-corrected chi connectivity index (χ1v) is 9.18. The number of nitrogens with zero attached hydrogens (tertiary/aromatic N) is 2. The summed E-state index contributed by atoms with van der Waals surface area (Å²) in [7, 11) is 3.68. The van der Waals surface area contributed by atoms with Crippen LogP contribution in [0.4, 0.5) is 0 Å². The molecule has 1 spiro atoms. The van der Waals surface area contributed by atoms with Crippen LogP contribution >= 0.6 is 12.4 Å². The van der Waals surface area contributed by atoms with E-state index in [-0.39, 0.29) is 35.8 Å². The molecule has 7 heteroatoms. The average Bonchev–Trinajstić information content (AvgIpc) is 3.01. The van der Waals surface area contributed by atoms with Crippen LogP contribution in [0, 0.1) is 5.41 Å². The number of carbonyl (C=O) groups excluding carboxylic acids is 1. The van der Waals surface area contributed by atoms with Crippen molar-refractivity contribution in [2.75, 3.05) is 13.7 Å². The lowest BCUT2D eigenvalue weighted by Crippen LogP contribution is -2.66. The molecule has 3 rings (SSSR count). The summed E-state index contributed by atoms with van der Waals surface area (Å²) in [5, 5.41) is 10.6. The molecule has 25 heavy (non-hydrogen) atoms. The van der Waals surface area contributed by atoms with E-state index in [0.717, 1.165) is 18.6 Å². The summed E-state index contributed by atoms with van der Waals surface area (Å²) in [6, 6.07) is -0.125. The minimum atomic E-state index is -0.356. The molecule has 3 atom stereocenters. The summed E-state index contributed by atoms with van der Waals surface area (Å²) in [6.45, 7) is 2.81. The van der Waals surface area contributed by atoms with E-state index in [9.17, 15) is 4.79 Å². The molecule has 1 aromatic heterocycles. The number of halogens is 1. The second kappa shape index (κ2) is 8.52. The van der Waals surface area contributed by atoms with Crippen molar-refractivity contribution in [3.8, 4) is 0 Å². The van der Waals surface area contributed by atoms with Crippen molar-refractivity contribution in [3.05, 3.63) is 18.0 Å². The van der Waals surface area contributed by atoms with Crippen molar-refractivity contribution in [3.63, 3.8) is 0 Å². The molecule has 142 valence electrons. The zero-order chi connectivity index (χ0) is 17.2. The van der Waals surface area contributed by atoms with Gasteiger partial charge in [-0.15, -0.1) is 12.4 Å². The average molecular weight is 371 g/mol. The lowest BCUT2D eigenvalue weighted by Gasteiger charge is -2.57. The number of likely N-dealkylation sites (N-methyl/N-ethyl adjacent to an activating group) is 1. The smallest absolute Gasteiger partial charge is 0.242 e. The van der Waals surface area contributed by atoms with Gasteiger partial charge >= 0.3 is 0 Å². The van der Waals surface area contributed by atoms with Gasteiger partial charge in [0.05, 0.1) is 12.3 Å². The van der Waals surface area contributed by atoms with Crippen LogP contribution in [0.15, 0.2) is 12.4 Å². The fourth-order valence-corrected chi connectivity index (χ4v) is 4.56. The number of rotatable bonds is 6. The summed E-state index contributed by atoms with van der Waals surface area (Å²) in [4.78, 5) is 12.8. The molecule has 2 saturated carbocycles. The van der Waals surface area contributed by atoms with Crippen molar-refractivity contribution in [2.45, 2.75) is 63.6 Å². The van der Waals surface area contributed by atoms with Crippen molar-refractivity contribution < 1.29 is 9.53 Å². The number of aromatic nitrogens is 2. The maximum absolute atomic E-state index is 12.8. The third kappa shape index (κ3) is 3.86. The fraction of sp³-hybridized carbons (Fsp3) is 0.778. The van der Waals surface area contributed by atoms with Gasteiger partial charge in [0.2, 0.25) is 5.91 Å². The Labute approximate surface area is 156 Å². The molecule has 0 bridgehead atoms. The first-order valence-electron chi connectivity index (χ1n) is 9.18. The molecular formula is C18H31ClN4O2. The molecule has 2 fully saturated rings. The minimum Gasteiger partial charge on any atom is -0.378 e. The molecule has 2 aliphatic carbocycles. The minimum absolute atomic E-state index is 0. The molecule has 3 unspecified atom stereocenters. The van der Waals surface area contributed by atoms with E-state index in [1.807, 2.05) is 20.3 Å². The zero-order valence-corrected chi connectivity index (χ0v) is 16.3. The normalized spacial score (nSPS) is 25.7. The van der Waals surface area contributed by atoms with Gasteiger partial charge in [-0.1, -0.05) is 19.3 Å². The lowest BCUT2D eigenvalue weighted by atomic mass is 9.55. The number of ether oxygens (including phenoxy) is 1. The quantitative estimate of drug-likeness (QED) is 0.806. The van der Waals surface area contributed by atoms with Crippen LogP contribution < -0.4 is 10.6 Å². The number of amides is 1. The highest BCUT2D eigenvalue weighted by atomic mass is 35.5. The Morgan fingerprint density at radius 1 is 1.44 bits per heavy atom.